The number of hydrogen-bond donors (Lipinski definition) is 1. The Bertz CT molecular complexity index is 486. The molecule has 0 spiro atoms. The molecule has 0 aliphatic rings. The SMILES string of the molecule is Cc1ccc(C(C)NC(C)c2sccc2C)o1. The molecule has 2 atom stereocenters. The van der Waals surface area contributed by atoms with E-state index in [1.165, 1.54) is 10.4 Å². The van der Waals surface area contributed by atoms with Gasteiger partial charge >= 0.3 is 0 Å². The van der Waals surface area contributed by atoms with E-state index < -0.39 is 0 Å². The van der Waals surface area contributed by atoms with Crippen LogP contribution in [0.15, 0.2) is 28.0 Å². The number of nitrogens with one attached hydrogen (secondary N) is 1. The van der Waals surface area contributed by atoms with E-state index in [1.807, 2.05) is 19.1 Å². The van der Waals surface area contributed by atoms with Crippen LogP contribution >= 0.6 is 11.3 Å². The predicted molar refractivity (Wildman–Crippen MR) is 72.5 cm³/mol. The van der Waals surface area contributed by atoms with Gasteiger partial charge < -0.3 is 9.73 Å². The molecule has 0 amide bonds. The summed E-state index contributed by atoms with van der Waals surface area (Å²) in [5.74, 6) is 1.97. The average Bonchev–Trinajstić information content (AvgIpc) is 2.86. The standard InChI is InChI=1S/C14H19NOS/c1-9-7-8-17-14(9)12(4)15-11(3)13-6-5-10(2)16-13/h5-8,11-12,15H,1-4H3. The lowest BCUT2D eigenvalue weighted by Crippen LogP contribution is -2.21. The largest absolute Gasteiger partial charge is 0.465 e. The van der Waals surface area contributed by atoms with Crippen LogP contribution < -0.4 is 5.32 Å². The van der Waals surface area contributed by atoms with Crippen molar-refractivity contribution in [2.24, 2.45) is 0 Å². The fourth-order valence-corrected chi connectivity index (χ4v) is 2.99. The molecule has 92 valence electrons. The van der Waals surface area contributed by atoms with Crippen LogP contribution in [0.5, 0.6) is 0 Å². The van der Waals surface area contributed by atoms with Crippen molar-refractivity contribution in [2.45, 2.75) is 39.8 Å². The van der Waals surface area contributed by atoms with Gasteiger partial charge in [0.2, 0.25) is 0 Å². The van der Waals surface area contributed by atoms with Crippen molar-refractivity contribution in [3.8, 4) is 0 Å². The maximum atomic E-state index is 5.63. The van der Waals surface area contributed by atoms with Crippen molar-refractivity contribution in [2.75, 3.05) is 0 Å². The van der Waals surface area contributed by atoms with Crippen molar-refractivity contribution in [3.63, 3.8) is 0 Å². The van der Waals surface area contributed by atoms with Crippen LogP contribution in [0.2, 0.25) is 0 Å². The van der Waals surface area contributed by atoms with Gasteiger partial charge in [0.15, 0.2) is 0 Å². The molecular formula is C14H19NOS. The number of furan rings is 1. The summed E-state index contributed by atoms with van der Waals surface area (Å²) < 4.78 is 5.63. The molecule has 2 unspecified atom stereocenters. The third-order valence-electron chi connectivity index (χ3n) is 2.98. The van der Waals surface area contributed by atoms with Crippen molar-refractivity contribution in [3.05, 3.63) is 45.5 Å². The highest BCUT2D eigenvalue weighted by Gasteiger charge is 2.15. The third-order valence-corrected chi connectivity index (χ3v) is 4.18. The lowest BCUT2D eigenvalue weighted by Gasteiger charge is -2.18. The zero-order valence-corrected chi connectivity index (χ0v) is 11.6. The quantitative estimate of drug-likeness (QED) is 0.870. The van der Waals surface area contributed by atoms with Crippen LogP contribution in [0.3, 0.4) is 0 Å². The maximum Gasteiger partial charge on any atom is 0.120 e. The van der Waals surface area contributed by atoms with E-state index in [-0.39, 0.29) is 6.04 Å². The molecule has 0 saturated carbocycles. The third kappa shape index (κ3) is 2.79. The molecule has 0 aliphatic carbocycles. The van der Waals surface area contributed by atoms with Gasteiger partial charge in [0, 0.05) is 10.9 Å². The van der Waals surface area contributed by atoms with E-state index in [1.54, 1.807) is 11.3 Å². The van der Waals surface area contributed by atoms with Gasteiger partial charge in [0.05, 0.1) is 6.04 Å². The molecule has 2 aromatic heterocycles. The van der Waals surface area contributed by atoms with Gasteiger partial charge in [-0.1, -0.05) is 0 Å². The van der Waals surface area contributed by atoms with Gasteiger partial charge in [-0.15, -0.1) is 11.3 Å². The minimum Gasteiger partial charge on any atom is -0.465 e. The number of aryl methyl sites for hydroxylation is 2. The van der Waals surface area contributed by atoms with Crippen LogP contribution in [-0.4, -0.2) is 0 Å². The zero-order valence-electron chi connectivity index (χ0n) is 10.8. The summed E-state index contributed by atoms with van der Waals surface area (Å²) in [4.78, 5) is 1.40. The van der Waals surface area contributed by atoms with Gasteiger partial charge in [-0.2, -0.15) is 0 Å². The summed E-state index contributed by atoms with van der Waals surface area (Å²) in [6.07, 6.45) is 0. The molecule has 0 aromatic carbocycles. The molecule has 0 fully saturated rings. The second kappa shape index (κ2) is 5.07. The van der Waals surface area contributed by atoms with E-state index in [0.717, 1.165) is 11.5 Å². The molecule has 0 aliphatic heterocycles. The first kappa shape index (κ1) is 12.4. The van der Waals surface area contributed by atoms with E-state index in [2.05, 4.69) is 37.5 Å². The summed E-state index contributed by atoms with van der Waals surface area (Å²) in [5.41, 5.74) is 1.36. The Kier molecular flexibility index (Phi) is 3.69. The minimum atomic E-state index is 0.236. The van der Waals surface area contributed by atoms with E-state index in [0.29, 0.717) is 6.04 Å². The topological polar surface area (TPSA) is 25.2 Å². The summed E-state index contributed by atoms with van der Waals surface area (Å²) >= 11 is 1.81. The van der Waals surface area contributed by atoms with Crippen LogP contribution in [0, 0.1) is 13.8 Å². The molecule has 2 heterocycles. The number of rotatable bonds is 4. The maximum absolute atomic E-state index is 5.63. The second-order valence-corrected chi connectivity index (χ2v) is 5.47. The van der Waals surface area contributed by atoms with E-state index in [9.17, 15) is 0 Å². The Morgan fingerprint density at radius 1 is 1.12 bits per heavy atom. The first-order valence-electron chi connectivity index (χ1n) is 5.94. The summed E-state index contributed by atoms with van der Waals surface area (Å²) in [7, 11) is 0. The Balaban J connectivity index is 2.04. The Morgan fingerprint density at radius 3 is 2.41 bits per heavy atom. The van der Waals surface area contributed by atoms with Crippen LogP contribution in [0.1, 0.15) is 47.9 Å². The van der Waals surface area contributed by atoms with E-state index >= 15 is 0 Å². The van der Waals surface area contributed by atoms with Crippen LogP contribution in [-0.2, 0) is 0 Å². The van der Waals surface area contributed by atoms with Crippen LogP contribution in [0.25, 0.3) is 0 Å². The molecule has 1 N–H and O–H groups in total. The fourth-order valence-electron chi connectivity index (χ4n) is 2.05. The molecule has 2 aromatic rings. The van der Waals surface area contributed by atoms with Crippen molar-refractivity contribution < 1.29 is 4.42 Å². The molecule has 17 heavy (non-hydrogen) atoms. The van der Waals surface area contributed by atoms with Gasteiger partial charge in [-0.3, -0.25) is 0 Å². The first-order valence-corrected chi connectivity index (χ1v) is 6.82. The molecule has 2 nitrogen and oxygen atoms in total. The van der Waals surface area contributed by atoms with Gasteiger partial charge in [0.25, 0.3) is 0 Å². The van der Waals surface area contributed by atoms with Crippen molar-refractivity contribution >= 4 is 11.3 Å². The highest BCUT2D eigenvalue weighted by molar-refractivity contribution is 7.10. The predicted octanol–water partition coefficient (Wildman–Crippen LogP) is 4.37. The molecule has 0 bridgehead atoms. The lowest BCUT2D eigenvalue weighted by atomic mass is 10.1. The Labute approximate surface area is 107 Å². The molecular weight excluding hydrogens is 230 g/mol. The smallest absolute Gasteiger partial charge is 0.120 e. The van der Waals surface area contributed by atoms with Gasteiger partial charge in [-0.25, -0.2) is 0 Å². The van der Waals surface area contributed by atoms with Gasteiger partial charge in [-0.05, 0) is 56.8 Å². The Hall–Kier alpha value is -1.06. The second-order valence-electron chi connectivity index (χ2n) is 4.53. The molecule has 0 saturated heterocycles. The highest BCUT2D eigenvalue weighted by atomic mass is 32.1. The molecule has 2 rings (SSSR count). The highest BCUT2D eigenvalue weighted by Crippen LogP contribution is 2.26. The monoisotopic (exact) mass is 249 g/mol. The lowest BCUT2D eigenvalue weighted by molar-refractivity contribution is 0.394. The minimum absolute atomic E-state index is 0.236. The van der Waals surface area contributed by atoms with E-state index in [4.69, 9.17) is 4.42 Å². The average molecular weight is 249 g/mol. The summed E-state index contributed by atoms with van der Waals surface area (Å²) in [6.45, 7) is 8.47. The summed E-state index contributed by atoms with van der Waals surface area (Å²) in [5, 5.41) is 5.71. The first-order chi connectivity index (χ1) is 8.08. The van der Waals surface area contributed by atoms with Crippen molar-refractivity contribution in [1.82, 2.24) is 5.32 Å². The van der Waals surface area contributed by atoms with Crippen LogP contribution in [0.4, 0.5) is 0 Å². The normalized spacial score (nSPS) is 14.8. The van der Waals surface area contributed by atoms with Gasteiger partial charge in [0.1, 0.15) is 11.5 Å². The summed E-state index contributed by atoms with van der Waals surface area (Å²) in [6, 6.07) is 6.81. The molecule has 0 radical (unpaired) electrons. The number of hydrogen-bond acceptors (Lipinski definition) is 3. The zero-order chi connectivity index (χ0) is 12.4. The fraction of sp³-hybridized carbons (Fsp3) is 0.429. The number of thiophene rings is 1. The molecule has 3 heteroatoms. The van der Waals surface area contributed by atoms with Crippen molar-refractivity contribution in [1.29, 1.82) is 0 Å². The Morgan fingerprint density at radius 2 is 1.88 bits per heavy atom.